The van der Waals surface area contributed by atoms with E-state index in [0.29, 0.717) is 0 Å². The quantitative estimate of drug-likeness (QED) is 0.445. The van der Waals surface area contributed by atoms with Crippen molar-refractivity contribution in [1.82, 2.24) is 4.98 Å². The molecule has 1 aromatic heterocycles. The lowest BCUT2D eigenvalue weighted by atomic mass is 9.93. The lowest BCUT2D eigenvalue weighted by Crippen LogP contribution is -2.44. The van der Waals surface area contributed by atoms with E-state index in [4.69, 9.17) is 5.73 Å². The molecule has 0 saturated heterocycles. The molecule has 28 heavy (non-hydrogen) atoms. The summed E-state index contributed by atoms with van der Waals surface area (Å²) < 4.78 is 0. The van der Waals surface area contributed by atoms with E-state index in [2.05, 4.69) is 84.9 Å². The van der Waals surface area contributed by atoms with Gasteiger partial charge in [-0.05, 0) is 54.7 Å². The molecule has 3 nitrogen and oxygen atoms in total. The molecule has 3 N–H and O–H groups in total. The van der Waals surface area contributed by atoms with Gasteiger partial charge in [0, 0.05) is 22.0 Å². The van der Waals surface area contributed by atoms with Gasteiger partial charge in [0.25, 0.3) is 0 Å². The summed E-state index contributed by atoms with van der Waals surface area (Å²) in [5.74, 6) is 0. The molecule has 1 unspecified atom stereocenters. The Morgan fingerprint density at radius 1 is 1.11 bits per heavy atom. The van der Waals surface area contributed by atoms with Gasteiger partial charge in [-0.1, -0.05) is 55.5 Å². The highest BCUT2D eigenvalue weighted by atomic mass is 15.2. The van der Waals surface area contributed by atoms with Crippen LogP contribution < -0.4 is 10.6 Å². The zero-order chi connectivity index (χ0) is 19.4. The Kier molecular flexibility index (Phi) is 3.81. The molecule has 4 aromatic rings. The molecule has 3 aromatic carbocycles. The predicted octanol–water partition coefficient (Wildman–Crippen LogP) is 5.73. The van der Waals surface area contributed by atoms with Gasteiger partial charge in [-0.25, -0.2) is 0 Å². The monoisotopic (exact) mass is 367 g/mol. The lowest BCUT2D eigenvalue weighted by Gasteiger charge is -2.39. The Bertz CT molecular complexity index is 1230. The number of benzene rings is 3. The molecule has 0 aliphatic carbocycles. The van der Waals surface area contributed by atoms with Crippen LogP contribution in [0.5, 0.6) is 0 Å². The summed E-state index contributed by atoms with van der Waals surface area (Å²) in [6, 6.07) is 19.6. The zero-order valence-corrected chi connectivity index (χ0v) is 16.4. The standard InChI is InChI=1S/C25H25N3/c1-4-17-10-12-22(23-19-7-5-6-8-20(19)27-24(17)23)28-21-11-9-15(2)13-18(21)14-16(3)25(28)26/h5-13,25,27H,3-4,14,26H2,1-2H3. The number of rotatable bonds is 2. The van der Waals surface area contributed by atoms with Crippen molar-refractivity contribution in [2.75, 3.05) is 4.90 Å². The molecule has 0 radical (unpaired) electrons. The summed E-state index contributed by atoms with van der Waals surface area (Å²) in [5, 5.41) is 2.48. The number of aromatic nitrogens is 1. The number of hydrogen-bond donors (Lipinski definition) is 2. The van der Waals surface area contributed by atoms with Gasteiger partial charge < -0.3 is 15.6 Å². The van der Waals surface area contributed by atoms with Crippen LogP contribution in [0.15, 0.2) is 66.7 Å². The summed E-state index contributed by atoms with van der Waals surface area (Å²) >= 11 is 0. The van der Waals surface area contributed by atoms with Crippen LogP contribution in [-0.4, -0.2) is 11.1 Å². The number of H-pyrrole nitrogens is 1. The number of nitrogens with zero attached hydrogens (tertiary/aromatic N) is 1. The largest absolute Gasteiger partial charge is 0.354 e. The minimum Gasteiger partial charge on any atom is -0.354 e. The summed E-state index contributed by atoms with van der Waals surface area (Å²) in [5.41, 5.74) is 16.3. The highest BCUT2D eigenvalue weighted by Gasteiger charge is 2.29. The van der Waals surface area contributed by atoms with Crippen molar-refractivity contribution in [3.8, 4) is 0 Å². The van der Waals surface area contributed by atoms with Crippen molar-refractivity contribution in [3.63, 3.8) is 0 Å². The van der Waals surface area contributed by atoms with Gasteiger partial charge in [0.15, 0.2) is 0 Å². The van der Waals surface area contributed by atoms with E-state index >= 15 is 0 Å². The summed E-state index contributed by atoms with van der Waals surface area (Å²) in [4.78, 5) is 5.91. The Balaban J connectivity index is 1.86. The third kappa shape index (κ3) is 2.40. The van der Waals surface area contributed by atoms with Crippen LogP contribution in [0.3, 0.4) is 0 Å². The lowest BCUT2D eigenvalue weighted by molar-refractivity contribution is 0.730. The van der Waals surface area contributed by atoms with E-state index in [1.54, 1.807) is 0 Å². The summed E-state index contributed by atoms with van der Waals surface area (Å²) in [6.45, 7) is 8.62. The SMILES string of the molecule is C=C1Cc2cc(C)ccc2N(c2ccc(CC)c3[nH]c4ccccc4c23)C1N. The Morgan fingerprint density at radius 3 is 2.71 bits per heavy atom. The number of nitrogens with one attached hydrogen (secondary N) is 1. The number of aromatic amines is 1. The Hall–Kier alpha value is -3.04. The number of nitrogens with two attached hydrogens (primary N) is 1. The highest BCUT2D eigenvalue weighted by Crippen LogP contribution is 2.43. The van der Waals surface area contributed by atoms with Crippen molar-refractivity contribution in [2.24, 2.45) is 5.73 Å². The first kappa shape index (κ1) is 17.1. The predicted molar refractivity (Wildman–Crippen MR) is 119 cm³/mol. The Morgan fingerprint density at radius 2 is 1.89 bits per heavy atom. The molecule has 0 saturated carbocycles. The van der Waals surface area contributed by atoms with Gasteiger partial charge in [0.05, 0.1) is 11.2 Å². The van der Waals surface area contributed by atoms with E-state index < -0.39 is 0 Å². The molecule has 140 valence electrons. The van der Waals surface area contributed by atoms with Crippen LogP contribution in [0.25, 0.3) is 21.8 Å². The Labute approximate surface area is 165 Å². The maximum absolute atomic E-state index is 6.70. The minimum atomic E-state index is -0.237. The number of aryl methyl sites for hydroxylation is 2. The zero-order valence-electron chi connectivity index (χ0n) is 16.4. The number of para-hydroxylation sites is 1. The van der Waals surface area contributed by atoms with Crippen molar-refractivity contribution in [3.05, 3.63) is 83.4 Å². The van der Waals surface area contributed by atoms with Gasteiger partial charge in [0.1, 0.15) is 6.17 Å². The fourth-order valence-electron chi connectivity index (χ4n) is 4.54. The molecule has 1 aliphatic rings. The highest BCUT2D eigenvalue weighted by molar-refractivity contribution is 6.15. The molecule has 2 heterocycles. The van der Waals surface area contributed by atoms with E-state index in [1.807, 2.05) is 0 Å². The van der Waals surface area contributed by atoms with Gasteiger partial charge in [-0.2, -0.15) is 0 Å². The first-order valence-electron chi connectivity index (χ1n) is 9.92. The van der Waals surface area contributed by atoms with Gasteiger partial charge in [-0.3, -0.25) is 0 Å². The molecule has 3 heteroatoms. The smallest absolute Gasteiger partial charge is 0.104 e. The maximum atomic E-state index is 6.70. The second-order valence-electron chi connectivity index (χ2n) is 7.80. The van der Waals surface area contributed by atoms with Gasteiger partial charge >= 0.3 is 0 Å². The fourth-order valence-corrected chi connectivity index (χ4v) is 4.54. The summed E-state index contributed by atoms with van der Waals surface area (Å²) in [6.07, 6.45) is 1.58. The number of hydrogen-bond acceptors (Lipinski definition) is 2. The molecular weight excluding hydrogens is 342 g/mol. The van der Waals surface area contributed by atoms with Crippen LogP contribution >= 0.6 is 0 Å². The minimum absolute atomic E-state index is 0.237. The number of fused-ring (bicyclic) bond motifs is 4. The van der Waals surface area contributed by atoms with Crippen LogP contribution in [-0.2, 0) is 12.8 Å². The van der Waals surface area contributed by atoms with Gasteiger partial charge in [-0.15, -0.1) is 0 Å². The topological polar surface area (TPSA) is 45.0 Å². The first-order chi connectivity index (χ1) is 13.6. The summed E-state index contributed by atoms with van der Waals surface area (Å²) in [7, 11) is 0. The maximum Gasteiger partial charge on any atom is 0.104 e. The van der Waals surface area contributed by atoms with E-state index in [0.717, 1.165) is 29.6 Å². The first-order valence-corrected chi connectivity index (χ1v) is 9.92. The van der Waals surface area contributed by atoms with Crippen molar-refractivity contribution < 1.29 is 0 Å². The molecule has 0 bridgehead atoms. The molecule has 1 aliphatic heterocycles. The molecule has 1 atom stereocenters. The number of anilines is 2. The third-order valence-corrected chi connectivity index (χ3v) is 5.97. The third-order valence-electron chi connectivity index (χ3n) is 5.97. The van der Waals surface area contributed by atoms with E-state index in [9.17, 15) is 0 Å². The normalized spacial score (nSPS) is 16.8. The van der Waals surface area contributed by atoms with E-state index in [-0.39, 0.29) is 6.17 Å². The second kappa shape index (κ2) is 6.25. The molecule has 0 fully saturated rings. The van der Waals surface area contributed by atoms with Crippen LogP contribution in [0.2, 0.25) is 0 Å². The molecule has 0 spiro atoms. The fraction of sp³-hybridized carbons (Fsp3) is 0.200. The molecule has 5 rings (SSSR count). The van der Waals surface area contributed by atoms with E-state index in [1.165, 1.54) is 38.7 Å². The molecule has 0 amide bonds. The average molecular weight is 367 g/mol. The van der Waals surface area contributed by atoms with Crippen molar-refractivity contribution in [1.29, 1.82) is 0 Å². The average Bonchev–Trinajstić information content (AvgIpc) is 3.08. The van der Waals surface area contributed by atoms with Crippen LogP contribution in [0.1, 0.15) is 23.6 Å². The molecular formula is C25H25N3. The second-order valence-corrected chi connectivity index (χ2v) is 7.80. The van der Waals surface area contributed by atoms with Crippen molar-refractivity contribution in [2.45, 2.75) is 32.9 Å². The van der Waals surface area contributed by atoms with Crippen LogP contribution in [0, 0.1) is 6.92 Å². The van der Waals surface area contributed by atoms with Gasteiger partial charge in [0.2, 0.25) is 0 Å². The van der Waals surface area contributed by atoms with Crippen LogP contribution in [0.4, 0.5) is 11.4 Å². The van der Waals surface area contributed by atoms with Crippen molar-refractivity contribution >= 4 is 33.2 Å².